The van der Waals surface area contributed by atoms with Crippen molar-refractivity contribution in [2.24, 2.45) is 5.73 Å². The summed E-state index contributed by atoms with van der Waals surface area (Å²) in [4.78, 5) is 39.8. The van der Waals surface area contributed by atoms with Crippen LogP contribution in [0.3, 0.4) is 0 Å². The molecule has 0 saturated carbocycles. The highest BCUT2D eigenvalue weighted by atomic mass is 32.2. The topological polar surface area (TPSA) is 105 Å². The van der Waals surface area contributed by atoms with Crippen LogP contribution in [0.5, 0.6) is 0 Å². The first-order chi connectivity index (χ1) is 13.2. The summed E-state index contributed by atoms with van der Waals surface area (Å²) in [6.45, 7) is 7.20. The lowest BCUT2D eigenvalue weighted by Crippen LogP contribution is -2.52. The number of piperazine rings is 1. The Labute approximate surface area is 169 Å². The molecular weight excluding hydrogens is 380 g/mol. The van der Waals surface area contributed by atoms with Crippen molar-refractivity contribution in [1.82, 2.24) is 9.80 Å². The molecule has 8 nitrogen and oxygen atoms in total. The number of thioether (sulfide) groups is 1. The van der Waals surface area contributed by atoms with Crippen LogP contribution in [0.25, 0.3) is 0 Å². The highest BCUT2D eigenvalue weighted by Crippen LogP contribution is 2.27. The van der Waals surface area contributed by atoms with E-state index < -0.39 is 5.60 Å². The van der Waals surface area contributed by atoms with E-state index in [-0.39, 0.29) is 24.5 Å². The average Bonchev–Trinajstić information content (AvgIpc) is 2.61. The van der Waals surface area contributed by atoms with Crippen LogP contribution in [-0.4, -0.2) is 65.4 Å². The number of nitrogens with zero attached hydrogens (tertiary/aromatic N) is 2. The molecule has 3 N–H and O–H groups in total. The molecular formula is C19H28N4O4S. The Balaban J connectivity index is 1.88. The first kappa shape index (κ1) is 21.9. The molecule has 154 valence electrons. The van der Waals surface area contributed by atoms with Crippen molar-refractivity contribution in [3.63, 3.8) is 0 Å². The maximum atomic E-state index is 12.6. The lowest BCUT2D eigenvalue weighted by molar-refractivity contribution is -0.117. The van der Waals surface area contributed by atoms with Crippen LogP contribution in [0, 0.1) is 0 Å². The number of amides is 4. The molecule has 2 rings (SSSR count). The van der Waals surface area contributed by atoms with Crippen LogP contribution in [0.1, 0.15) is 27.2 Å². The van der Waals surface area contributed by atoms with Crippen LogP contribution in [0.15, 0.2) is 29.2 Å². The van der Waals surface area contributed by atoms with Gasteiger partial charge in [0.1, 0.15) is 5.60 Å². The molecule has 0 radical (unpaired) electrons. The molecule has 1 fully saturated rings. The summed E-state index contributed by atoms with van der Waals surface area (Å²) >= 11 is 1.47. The van der Waals surface area contributed by atoms with E-state index in [9.17, 15) is 14.4 Å². The largest absolute Gasteiger partial charge is 0.444 e. The van der Waals surface area contributed by atoms with Gasteiger partial charge in [-0.25, -0.2) is 9.59 Å². The maximum Gasteiger partial charge on any atom is 0.410 e. The number of carbonyl (C=O) groups excluding carboxylic acids is 3. The third kappa shape index (κ3) is 6.95. The first-order valence-corrected chi connectivity index (χ1v) is 10.2. The van der Waals surface area contributed by atoms with Gasteiger partial charge in [0.2, 0.25) is 5.91 Å². The number of nitrogens with one attached hydrogen (secondary N) is 1. The van der Waals surface area contributed by atoms with Crippen LogP contribution in [0.2, 0.25) is 0 Å². The molecule has 0 aliphatic carbocycles. The number of hydrogen-bond donors (Lipinski definition) is 2. The van der Waals surface area contributed by atoms with Gasteiger partial charge in [0.25, 0.3) is 0 Å². The van der Waals surface area contributed by atoms with Crippen molar-refractivity contribution in [2.75, 3.05) is 37.2 Å². The number of urea groups is 1. The van der Waals surface area contributed by atoms with E-state index in [0.717, 1.165) is 4.90 Å². The first-order valence-electron chi connectivity index (χ1n) is 9.20. The second-order valence-electron chi connectivity index (χ2n) is 7.45. The van der Waals surface area contributed by atoms with Gasteiger partial charge in [-0.1, -0.05) is 12.1 Å². The molecule has 4 amide bonds. The highest BCUT2D eigenvalue weighted by molar-refractivity contribution is 7.99. The molecule has 0 bridgehead atoms. The normalized spacial score (nSPS) is 14.5. The summed E-state index contributed by atoms with van der Waals surface area (Å²) in [7, 11) is 0. The van der Waals surface area contributed by atoms with Gasteiger partial charge in [-0.05, 0) is 32.9 Å². The fourth-order valence-corrected chi connectivity index (χ4v) is 3.54. The zero-order valence-electron chi connectivity index (χ0n) is 16.6. The van der Waals surface area contributed by atoms with Gasteiger partial charge in [0.05, 0.1) is 5.69 Å². The molecule has 0 aromatic heterocycles. The van der Waals surface area contributed by atoms with E-state index >= 15 is 0 Å². The lowest BCUT2D eigenvalue weighted by atomic mass is 10.2. The minimum Gasteiger partial charge on any atom is -0.444 e. The van der Waals surface area contributed by atoms with Crippen molar-refractivity contribution in [2.45, 2.75) is 37.7 Å². The Morgan fingerprint density at radius 2 is 1.71 bits per heavy atom. The van der Waals surface area contributed by atoms with Crippen molar-refractivity contribution < 1.29 is 19.1 Å². The molecule has 1 aromatic rings. The number of benzene rings is 1. The predicted octanol–water partition coefficient (Wildman–Crippen LogP) is 2.74. The van der Waals surface area contributed by atoms with E-state index in [2.05, 4.69) is 5.32 Å². The lowest BCUT2D eigenvalue weighted by Gasteiger charge is -2.35. The molecule has 1 aliphatic rings. The number of primary amides is 1. The van der Waals surface area contributed by atoms with E-state index in [4.69, 9.17) is 10.5 Å². The van der Waals surface area contributed by atoms with Gasteiger partial charge in [-0.2, -0.15) is 0 Å². The molecule has 1 aromatic carbocycles. The Hall–Kier alpha value is -2.42. The highest BCUT2D eigenvalue weighted by Gasteiger charge is 2.27. The van der Waals surface area contributed by atoms with Crippen molar-refractivity contribution >= 4 is 35.5 Å². The van der Waals surface area contributed by atoms with Crippen LogP contribution < -0.4 is 11.1 Å². The van der Waals surface area contributed by atoms with E-state index in [1.54, 1.807) is 9.80 Å². The standard InChI is InChI=1S/C19H28N4O4S/c1-19(2,3)27-18(26)23-11-9-22(10-12-23)17(25)21-14-6-4-5-7-15(14)28-13-8-16(20)24/h4-7H,8-13H2,1-3H3,(H2,20,24)(H,21,25). The Morgan fingerprint density at radius 3 is 2.32 bits per heavy atom. The van der Waals surface area contributed by atoms with Crippen LogP contribution in [0.4, 0.5) is 15.3 Å². The second kappa shape index (κ2) is 9.68. The molecule has 1 aliphatic heterocycles. The smallest absolute Gasteiger partial charge is 0.410 e. The zero-order valence-corrected chi connectivity index (χ0v) is 17.4. The molecule has 0 atom stereocenters. The molecule has 0 unspecified atom stereocenters. The monoisotopic (exact) mass is 408 g/mol. The van der Waals surface area contributed by atoms with Crippen molar-refractivity contribution in [3.05, 3.63) is 24.3 Å². The van der Waals surface area contributed by atoms with Gasteiger partial charge < -0.3 is 25.6 Å². The van der Waals surface area contributed by atoms with Crippen molar-refractivity contribution in [3.8, 4) is 0 Å². The Bertz CT molecular complexity index is 712. The van der Waals surface area contributed by atoms with E-state index in [0.29, 0.717) is 37.6 Å². The summed E-state index contributed by atoms with van der Waals surface area (Å²) in [5, 5.41) is 2.92. The van der Waals surface area contributed by atoms with Crippen LogP contribution >= 0.6 is 11.8 Å². The summed E-state index contributed by atoms with van der Waals surface area (Å²) in [5.74, 6) is 0.202. The number of rotatable bonds is 5. The quantitative estimate of drug-likeness (QED) is 0.729. The number of anilines is 1. The van der Waals surface area contributed by atoms with Gasteiger partial charge in [-0.15, -0.1) is 11.8 Å². The predicted molar refractivity (Wildman–Crippen MR) is 109 cm³/mol. The summed E-state index contributed by atoms with van der Waals surface area (Å²) in [6.07, 6.45) is -0.0803. The Morgan fingerprint density at radius 1 is 1.11 bits per heavy atom. The number of hydrogen-bond acceptors (Lipinski definition) is 5. The van der Waals surface area contributed by atoms with Crippen LogP contribution in [-0.2, 0) is 9.53 Å². The molecule has 0 spiro atoms. The molecule has 28 heavy (non-hydrogen) atoms. The number of ether oxygens (including phenoxy) is 1. The number of para-hydroxylation sites is 1. The molecule has 1 heterocycles. The fourth-order valence-electron chi connectivity index (χ4n) is 2.57. The van der Waals surface area contributed by atoms with Gasteiger partial charge in [0.15, 0.2) is 0 Å². The van der Waals surface area contributed by atoms with Gasteiger partial charge in [-0.3, -0.25) is 4.79 Å². The SMILES string of the molecule is CC(C)(C)OC(=O)N1CCN(C(=O)Nc2ccccc2SCCC(N)=O)CC1. The van der Waals surface area contributed by atoms with E-state index in [1.807, 2.05) is 45.0 Å². The fraction of sp³-hybridized carbons (Fsp3) is 0.526. The number of carbonyl (C=O) groups is 3. The average molecular weight is 409 g/mol. The summed E-state index contributed by atoms with van der Waals surface area (Å²) in [5.41, 5.74) is 5.32. The summed E-state index contributed by atoms with van der Waals surface area (Å²) < 4.78 is 5.37. The second-order valence-corrected chi connectivity index (χ2v) is 8.58. The third-order valence-corrected chi connectivity index (χ3v) is 5.03. The van der Waals surface area contributed by atoms with E-state index in [1.165, 1.54) is 11.8 Å². The molecule has 1 saturated heterocycles. The molecule has 9 heteroatoms. The minimum atomic E-state index is -0.540. The zero-order chi connectivity index (χ0) is 20.7. The van der Waals surface area contributed by atoms with Crippen molar-refractivity contribution in [1.29, 1.82) is 0 Å². The maximum absolute atomic E-state index is 12.6. The summed E-state index contributed by atoms with van der Waals surface area (Å²) in [6, 6.07) is 7.21. The number of nitrogens with two attached hydrogens (primary N) is 1. The van der Waals surface area contributed by atoms with Gasteiger partial charge >= 0.3 is 12.1 Å². The Kier molecular flexibility index (Phi) is 7.56. The minimum absolute atomic E-state index is 0.216. The van der Waals surface area contributed by atoms with Gasteiger partial charge in [0, 0.05) is 43.2 Å². The third-order valence-electron chi connectivity index (χ3n) is 3.95.